The van der Waals surface area contributed by atoms with Gasteiger partial charge in [0.05, 0.1) is 16.0 Å². The maximum atomic E-state index is 13.0. The highest BCUT2D eigenvalue weighted by atomic mass is 32.2. The number of thioether (sulfide) groups is 1. The number of anilines is 5. The first-order chi connectivity index (χ1) is 22.2. The molecule has 3 aliphatic rings. The molecule has 11 heteroatoms. The molecule has 5 aromatic rings. The lowest BCUT2D eigenvalue weighted by Gasteiger charge is -2.30. The van der Waals surface area contributed by atoms with Crippen molar-refractivity contribution >= 4 is 79.2 Å². The minimum absolute atomic E-state index is 0.0239. The number of hydrogen-bond acceptors (Lipinski definition) is 10. The van der Waals surface area contributed by atoms with Crippen molar-refractivity contribution in [2.75, 3.05) is 52.4 Å². The van der Waals surface area contributed by atoms with E-state index in [4.69, 9.17) is 19.9 Å². The van der Waals surface area contributed by atoms with Crippen molar-refractivity contribution in [3.8, 4) is 0 Å². The fraction of sp³-hybridized carbons (Fsp3) is 0.382. The molecule has 230 valence electrons. The van der Waals surface area contributed by atoms with Gasteiger partial charge in [0.25, 0.3) is 0 Å². The van der Waals surface area contributed by atoms with E-state index in [1.807, 2.05) is 18.2 Å². The van der Waals surface area contributed by atoms with Gasteiger partial charge < -0.3 is 20.4 Å². The largest absolute Gasteiger partial charge is 0.341 e. The molecule has 0 atom stereocenters. The minimum atomic E-state index is -0.0239. The Bertz CT molecular complexity index is 1830. The summed E-state index contributed by atoms with van der Waals surface area (Å²) in [4.78, 5) is 37.0. The van der Waals surface area contributed by atoms with Crippen LogP contribution in [0.2, 0.25) is 0 Å². The topological polar surface area (TPSA) is 99.2 Å². The van der Waals surface area contributed by atoms with Gasteiger partial charge in [-0.05, 0) is 92.1 Å². The summed E-state index contributed by atoms with van der Waals surface area (Å²) in [6, 6.07) is 16.7. The maximum absolute atomic E-state index is 13.0. The molecular weight excluding hydrogens is 601 g/mol. The van der Waals surface area contributed by atoms with Gasteiger partial charge in [0.1, 0.15) is 0 Å². The predicted octanol–water partition coefficient (Wildman–Crippen LogP) is 7.19. The highest BCUT2D eigenvalue weighted by Gasteiger charge is 2.21. The van der Waals surface area contributed by atoms with Gasteiger partial charge in [0.2, 0.25) is 23.8 Å². The molecule has 0 saturated carbocycles. The Kier molecular flexibility index (Phi) is 7.88. The average Bonchev–Trinajstić information content (AvgIpc) is 3.70. The van der Waals surface area contributed by atoms with E-state index in [0.717, 1.165) is 82.2 Å². The van der Waals surface area contributed by atoms with Crippen LogP contribution >= 0.6 is 23.1 Å². The molecule has 2 aromatic heterocycles. The Morgan fingerprint density at radius 2 is 1.51 bits per heavy atom. The van der Waals surface area contributed by atoms with Crippen LogP contribution in [0.25, 0.3) is 21.0 Å². The number of carbonyl (C=O) groups excluding carboxylic acids is 1. The molecule has 0 radical (unpaired) electrons. The van der Waals surface area contributed by atoms with Crippen LogP contribution in [0, 0.1) is 0 Å². The zero-order valence-electron chi connectivity index (χ0n) is 25.2. The molecule has 1 aliphatic carbocycles. The number of nitrogens with one attached hydrogen (secondary N) is 2. The third-order valence-corrected chi connectivity index (χ3v) is 11.2. The average molecular weight is 637 g/mol. The number of aryl methyl sites for hydroxylation is 2. The Labute approximate surface area is 270 Å². The number of nitrogens with zero attached hydrogens (tertiary/aromatic N) is 6. The zero-order chi connectivity index (χ0) is 30.2. The number of piperidine rings is 2. The molecule has 0 bridgehead atoms. The summed E-state index contributed by atoms with van der Waals surface area (Å²) in [5.41, 5.74) is 5.45. The van der Waals surface area contributed by atoms with Gasteiger partial charge in [-0.25, -0.2) is 4.98 Å². The predicted molar refractivity (Wildman–Crippen MR) is 186 cm³/mol. The van der Waals surface area contributed by atoms with E-state index >= 15 is 0 Å². The summed E-state index contributed by atoms with van der Waals surface area (Å²) in [6.45, 7) is 3.94. The highest BCUT2D eigenvalue weighted by Crippen LogP contribution is 2.36. The molecule has 1 amide bonds. The van der Waals surface area contributed by atoms with E-state index in [2.05, 4.69) is 50.8 Å². The van der Waals surface area contributed by atoms with Gasteiger partial charge >= 0.3 is 0 Å². The molecule has 3 aromatic carbocycles. The normalized spacial score (nSPS) is 16.4. The molecule has 2 aliphatic heterocycles. The van der Waals surface area contributed by atoms with E-state index in [9.17, 15) is 4.79 Å². The fourth-order valence-corrected chi connectivity index (χ4v) is 8.63. The number of fused-ring (bicyclic) bond motifs is 1. The fourth-order valence-electron chi connectivity index (χ4n) is 6.72. The molecule has 4 heterocycles. The Morgan fingerprint density at radius 1 is 0.800 bits per heavy atom. The van der Waals surface area contributed by atoms with Crippen molar-refractivity contribution in [2.45, 2.75) is 55.7 Å². The van der Waals surface area contributed by atoms with Crippen molar-refractivity contribution in [3.63, 3.8) is 0 Å². The van der Waals surface area contributed by atoms with Crippen LogP contribution in [-0.4, -0.2) is 57.8 Å². The van der Waals surface area contributed by atoms with E-state index in [0.29, 0.717) is 11.7 Å². The molecular formula is C34H36N8OS2. The quantitative estimate of drug-likeness (QED) is 0.172. The van der Waals surface area contributed by atoms with E-state index in [1.54, 1.807) is 11.3 Å². The molecule has 2 saturated heterocycles. The van der Waals surface area contributed by atoms with Crippen LogP contribution in [0.1, 0.15) is 49.7 Å². The summed E-state index contributed by atoms with van der Waals surface area (Å²) >= 11 is 3.07. The van der Waals surface area contributed by atoms with Crippen LogP contribution in [0.3, 0.4) is 0 Å². The third-order valence-electron chi connectivity index (χ3n) is 8.99. The number of hydrogen-bond donors (Lipinski definition) is 2. The highest BCUT2D eigenvalue weighted by molar-refractivity contribution is 8.01. The van der Waals surface area contributed by atoms with Crippen molar-refractivity contribution in [1.82, 2.24) is 19.9 Å². The summed E-state index contributed by atoms with van der Waals surface area (Å²) < 4.78 is 1.93. The van der Waals surface area contributed by atoms with Gasteiger partial charge in [0, 0.05) is 42.9 Å². The molecule has 0 spiro atoms. The van der Waals surface area contributed by atoms with Crippen LogP contribution in [-0.2, 0) is 17.6 Å². The first-order valence-corrected chi connectivity index (χ1v) is 17.9. The standard InChI is InChI=1S/C34H36N8OS2/c43-29(36-26-14-12-23-11-10-22-8-7-9-25(26)30(22)23)21-44-34-37-27-15-13-24(20-28(27)45-34)35-31-38-32(41-16-3-1-4-17-41)40-33(39-31)42-18-5-2-6-19-42/h7-9,12-15,20H,1-6,10-11,16-19,21H2,(H,36,43)(H,35,38,39,40). The minimum Gasteiger partial charge on any atom is -0.341 e. The summed E-state index contributed by atoms with van der Waals surface area (Å²) in [6.07, 6.45) is 9.34. The first-order valence-electron chi connectivity index (χ1n) is 16.1. The summed E-state index contributed by atoms with van der Waals surface area (Å²) in [7, 11) is 0. The molecule has 45 heavy (non-hydrogen) atoms. The van der Waals surface area contributed by atoms with Gasteiger partial charge in [-0.2, -0.15) is 15.0 Å². The van der Waals surface area contributed by atoms with Crippen LogP contribution < -0.4 is 20.4 Å². The number of carbonyl (C=O) groups is 1. The van der Waals surface area contributed by atoms with E-state index in [-0.39, 0.29) is 5.91 Å². The lowest BCUT2D eigenvalue weighted by atomic mass is 10.0. The Morgan fingerprint density at radius 3 is 2.24 bits per heavy atom. The molecule has 2 fully saturated rings. The Balaban J connectivity index is 0.966. The van der Waals surface area contributed by atoms with Crippen molar-refractivity contribution in [2.24, 2.45) is 0 Å². The molecule has 2 N–H and O–H groups in total. The van der Waals surface area contributed by atoms with Crippen molar-refractivity contribution < 1.29 is 4.79 Å². The second-order valence-corrected chi connectivity index (χ2v) is 14.3. The van der Waals surface area contributed by atoms with Gasteiger partial charge in [-0.1, -0.05) is 36.0 Å². The van der Waals surface area contributed by atoms with Gasteiger partial charge in [-0.15, -0.1) is 11.3 Å². The zero-order valence-corrected chi connectivity index (χ0v) is 26.9. The van der Waals surface area contributed by atoms with E-state index in [1.165, 1.54) is 66.8 Å². The van der Waals surface area contributed by atoms with Gasteiger partial charge in [0.15, 0.2) is 4.34 Å². The molecule has 9 nitrogen and oxygen atoms in total. The second kappa shape index (κ2) is 12.4. The third kappa shape index (κ3) is 6.03. The number of aromatic nitrogens is 4. The molecule has 0 unspecified atom stereocenters. The van der Waals surface area contributed by atoms with Crippen LogP contribution in [0.4, 0.5) is 29.2 Å². The van der Waals surface area contributed by atoms with Crippen LogP contribution in [0.5, 0.6) is 0 Å². The van der Waals surface area contributed by atoms with E-state index < -0.39 is 0 Å². The number of rotatable bonds is 8. The summed E-state index contributed by atoms with van der Waals surface area (Å²) in [5.74, 6) is 2.38. The van der Waals surface area contributed by atoms with Crippen LogP contribution in [0.15, 0.2) is 52.9 Å². The number of benzene rings is 3. The maximum Gasteiger partial charge on any atom is 0.234 e. The summed E-state index contributed by atoms with van der Waals surface area (Å²) in [5, 5.41) is 9.04. The Hall–Kier alpha value is -3.96. The lowest BCUT2D eigenvalue weighted by Crippen LogP contribution is -2.34. The first kappa shape index (κ1) is 28.5. The smallest absolute Gasteiger partial charge is 0.234 e. The van der Waals surface area contributed by atoms with Gasteiger partial charge in [-0.3, -0.25) is 4.79 Å². The SMILES string of the molecule is O=C(CSc1nc2ccc(Nc3nc(N4CCCCC4)nc(N4CCCCC4)n3)cc2s1)Nc1ccc2c3c(cccc13)CC2. The second-order valence-electron chi connectivity index (χ2n) is 12.1. The van der Waals surface area contributed by atoms with Crippen molar-refractivity contribution in [3.05, 3.63) is 59.7 Å². The molecule has 8 rings (SSSR count). The number of amides is 1. The lowest BCUT2D eigenvalue weighted by molar-refractivity contribution is -0.113. The number of thiazole rings is 1. The monoisotopic (exact) mass is 636 g/mol. The van der Waals surface area contributed by atoms with Crippen molar-refractivity contribution in [1.29, 1.82) is 0 Å².